The minimum atomic E-state index is -7.36. The fourth-order valence-electron chi connectivity index (χ4n) is 0.922. The van der Waals surface area contributed by atoms with Crippen LogP contribution in [0.15, 0.2) is 12.7 Å². The Bertz CT molecular complexity index is 431. The predicted octanol–water partition coefficient (Wildman–Crippen LogP) is 3.82. The van der Waals surface area contributed by atoms with Gasteiger partial charge in [0.2, 0.25) is 0 Å². The van der Waals surface area contributed by atoms with Crippen molar-refractivity contribution in [3.8, 4) is 0 Å². The van der Waals surface area contributed by atoms with Crippen molar-refractivity contribution in [1.82, 2.24) is 0 Å². The molecule has 0 radical (unpaired) electrons. The molecular weight excluding hydrogens is 349 g/mol. The molecule has 0 aliphatic carbocycles. The van der Waals surface area contributed by atoms with Crippen LogP contribution in [0, 0.1) is 0 Å². The number of esters is 1. The average molecular weight is 354 g/mol. The molecule has 0 aliphatic rings. The van der Waals surface area contributed by atoms with E-state index >= 15 is 0 Å². The zero-order chi connectivity index (χ0) is 18.1. The van der Waals surface area contributed by atoms with Crippen LogP contribution in [0.5, 0.6) is 0 Å². The molecule has 0 bridgehead atoms. The van der Waals surface area contributed by atoms with E-state index in [4.69, 9.17) is 0 Å². The molecule has 0 amide bonds. The van der Waals surface area contributed by atoms with Crippen molar-refractivity contribution in [3.05, 3.63) is 12.7 Å². The van der Waals surface area contributed by atoms with Crippen LogP contribution in [0.3, 0.4) is 0 Å². The number of rotatable bonds is 7. The molecule has 1 atom stereocenters. The molecule has 130 valence electrons. The van der Waals surface area contributed by atoms with Gasteiger partial charge < -0.3 is 4.74 Å². The van der Waals surface area contributed by atoms with Crippen LogP contribution in [0.4, 0.5) is 48.3 Å². The van der Waals surface area contributed by atoms with Gasteiger partial charge in [-0.15, -0.1) is 0 Å². The van der Waals surface area contributed by atoms with E-state index < -0.39 is 42.4 Å². The van der Waals surface area contributed by atoms with Crippen molar-refractivity contribution >= 4 is 5.97 Å². The molecule has 0 fully saturated rings. The third-order valence-electron chi connectivity index (χ3n) is 2.18. The number of carbonyl (C=O) groups excluding carboxylic acids is 1. The van der Waals surface area contributed by atoms with Crippen molar-refractivity contribution < 1.29 is 57.8 Å². The van der Waals surface area contributed by atoms with E-state index in [0.29, 0.717) is 0 Å². The number of ether oxygens (including phenoxy) is 1. The molecule has 0 aromatic heterocycles. The zero-order valence-corrected chi connectivity index (χ0v) is 9.91. The standard InChI is InChI=1S/C9H5F11O2/c1-2-3(21)22-5(12)7(15,16)9(19,20)8(17,18)6(13,14)4(10)11/h2,4-5H,1H2. The van der Waals surface area contributed by atoms with E-state index in [-0.39, 0.29) is 6.08 Å². The van der Waals surface area contributed by atoms with E-state index in [9.17, 15) is 53.1 Å². The molecule has 0 rings (SSSR count). The lowest BCUT2D eigenvalue weighted by Crippen LogP contribution is -2.66. The summed E-state index contributed by atoms with van der Waals surface area (Å²) >= 11 is 0. The van der Waals surface area contributed by atoms with Gasteiger partial charge in [-0.05, 0) is 0 Å². The van der Waals surface area contributed by atoms with E-state index in [1.54, 1.807) is 0 Å². The molecular formula is C9H5F11O2. The Morgan fingerprint density at radius 1 is 0.864 bits per heavy atom. The maximum atomic E-state index is 12.9. The van der Waals surface area contributed by atoms with Crippen LogP contribution in [0.25, 0.3) is 0 Å². The highest BCUT2D eigenvalue weighted by molar-refractivity contribution is 5.81. The average Bonchev–Trinajstić information content (AvgIpc) is 2.37. The van der Waals surface area contributed by atoms with Gasteiger partial charge in [-0.1, -0.05) is 6.58 Å². The minimum Gasteiger partial charge on any atom is -0.421 e. The molecule has 0 N–H and O–H groups in total. The first kappa shape index (κ1) is 20.4. The number of alkyl halides is 11. The molecule has 22 heavy (non-hydrogen) atoms. The molecule has 0 saturated carbocycles. The Kier molecular flexibility index (Phi) is 5.49. The maximum Gasteiger partial charge on any atom is 0.385 e. The largest absolute Gasteiger partial charge is 0.421 e. The second kappa shape index (κ2) is 5.91. The summed E-state index contributed by atoms with van der Waals surface area (Å²) in [6.07, 6.45) is -10.3. The summed E-state index contributed by atoms with van der Waals surface area (Å²) in [5.41, 5.74) is 0. The van der Waals surface area contributed by atoms with Crippen LogP contribution in [0.1, 0.15) is 0 Å². The van der Waals surface area contributed by atoms with Crippen LogP contribution < -0.4 is 0 Å². The Morgan fingerprint density at radius 3 is 1.55 bits per heavy atom. The zero-order valence-electron chi connectivity index (χ0n) is 9.91. The summed E-state index contributed by atoms with van der Waals surface area (Å²) in [5.74, 6) is -30.5. The van der Waals surface area contributed by atoms with Gasteiger partial charge in [0.05, 0.1) is 0 Å². The summed E-state index contributed by atoms with van der Waals surface area (Å²) in [4.78, 5) is 10.3. The highest BCUT2D eigenvalue weighted by Crippen LogP contribution is 2.55. The van der Waals surface area contributed by atoms with Gasteiger partial charge in [0, 0.05) is 6.08 Å². The number of hydrogen-bond acceptors (Lipinski definition) is 2. The molecule has 2 nitrogen and oxygen atoms in total. The van der Waals surface area contributed by atoms with Gasteiger partial charge >= 0.3 is 42.4 Å². The lowest BCUT2D eigenvalue weighted by atomic mass is 9.98. The summed E-state index contributed by atoms with van der Waals surface area (Å²) in [7, 11) is 0. The summed E-state index contributed by atoms with van der Waals surface area (Å²) in [6, 6.07) is 0. The molecule has 0 aliphatic heterocycles. The SMILES string of the molecule is C=CC(=O)OC(F)C(F)(F)C(F)(F)C(F)(F)C(F)(F)C(F)F. The Balaban J connectivity index is 5.77. The topological polar surface area (TPSA) is 26.3 Å². The van der Waals surface area contributed by atoms with E-state index in [1.165, 1.54) is 0 Å². The van der Waals surface area contributed by atoms with Crippen molar-refractivity contribution in [3.63, 3.8) is 0 Å². The third kappa shape index (κ3) is 2.97. The molecule has 0 aromatic rings. The van der Waals surface area contributed by atoms with Crippen LogP contribution >= 0.6 is 0 Å². The predicted molar refractivity (Wildman–Crippen MR) is 47.0 cm³/mol. The van der Waals surface area contributed by atoms with Crippen molar-refractivity contribution in [2.45, 2.75) is 36.5 Å². The molecule has 0 aromatic carbocycles. The maximum absolute atomic E-state index is 12.9. The second-order valence-electron chi connectivity index (χ2n) is 3.65. The number of carbonyl (C=O) groups is 1. The molecule has 13 heteroatoms. The van der Waals surface area contributed by atoms with Gasteiger partial charge in [-0.2, -0.15) is 39.5 Å². The first-order valence-corrected chi connectivity index (χ1v) is 4.83. The monoisotopic (exact) mass is 354 g/mol. The smallest absolute Gasteiger partial charge is 0.385 e. The summed E-state index contributed by atoms with van der Waals surface area (Å²) < 4.78 is 141. The van der Waals surface area contributed by atoms with Gasteiger partial charge in [0.1, 0.15) is 0 Å². The van der Waals surface area contributed by atoms with Gasteiger partial charge in [0.15, 0.2) is 0 Å². The van der Waals surface area contributed by atoms with Crippen LogP contribution in [0.2, 0.25) is 0 Å². The molecule has 1 unspecified atom stereocenters. The van der Waals surface area contributed by atoms with E-state index in [2.05, 4.69) is 11.3 Å². The fourth-order valence-corrected chi connectivity index (χ4v) is 0.922. The lowest BCUT2D eigenvalue weighted by molar-refractivity contribution is -0.402. The Morgan fingerprint density at radius 2 is 1.23 bits per heavy atom. The van der Waals surface area contributed by atoms with Gasteiger partial charge in [0.25, 0.3) is 0 Å². The normalized spacial score (nSPS) is 15.6. The summed E-state index contributed by atoms with van der Waals surface area (Å²) in [5, 5.41) is 0. The first-order valence-electron chi connectivity index (χ1n) is 4.83. The lowest BCUT2D eigenvalue weighted by Gasteiger charge is -2.36. The Labute approximate surface area is 114 Å². The quantitative estimate of drug-likeness (QED) is 0.395. The first-order chi connectivity index (χ1) is 9.57. The number of hydrogen-bond donors (Lipinski definition) is 0. The van der Waals surface area contributed by atoms with Crippen molar-refractivity contribution in [1.29, 1.82) is 0 Å². The summed E-state index contributed by atoms with van der Waals surface area (Å²) in [6.45, 7) is 2.53. The van der Waals surface area contributed by atoms with E-state index in [1.807, 2.05) is 0 Å². The van der Waals surface area contributed by atoms with Gasteiger partial charge in [-0.3, -0.25) is 0 Å². The van der Waals surface area contributed by atoms with Crippen molar-refractivity contribution in [2.24, 2.45) is 0 Å². The molecule has 0 heterocycles. The van der Waals surface area contributed by atoms with Crippen molar-refractivity contribution in [2.75, 3.05) is 0 Å². The van der Waals surface area contributed by atoms with Gasteiger partial charge in [-0.25, -0.2) is 13.6 Å². The minimum absolute atomic E-state index is 0.0350. The second-order valence-corrected chi connectivity index (χ2v) is 3.65. The fraction of sp³-hybridized carbons (Fsp3) is 0.667. The highest BCUT2D eigenvalue weighted by atomic mass is 19.4. The molecule has 0 spiro atoms. The third-order valence-corrected chi connectivity index (χ3v) is 2.18. The Hall–Kier alpha value is -1.56. The van der Waals surface area contributed by atoms with Crippen LogP contribution in [-0.2, 0) is 9.53 Å². The highest BCUT2D eigenvalue weighted by Gasteiger charge is 2.85. The molecule has 0 saturated heterocycles. The van der Waals surface area contributed by atoms with Crippen LogP contribution in [-0.4, -0.2) is 42.4 Å². The number of halogens is 11. The van der Waals surface area contributed by atoms with E-state index in [0.717, 1.165) is 0 Å².